The Morgan fingerprint density at radius 1 is 0.481 bits per heavy atom. The second-order valence-electron chi connectivity index (χ2n) is 12.1. The molecule has 0 aliphatic heterocycles. The highest BCUT2D eigenvalue weighted by Crippen LogP contribution is 2.11. The van der Waals surface area contributed by atoms with Gasteiger partial charge in [-0.1, -0.05) is 12.8 Å². The monoisotopic (exact) mass is 769 g/mol. The van der Waals surface area contributed by atoms with Crippen LogP contribution in [0.2, 0.25) is 0 Å². The van der Waals surface area contributed by atoms with Gasteiger partial charge in [-0.05, 0) is 97.3 Å². The van der Waals surface area contributed by atoms with E-state index >= 15 is 0 Å². The van der Waals surface area contributed by atoms with Crippen LogP contribution in [0, 0.1) is 0 Å². The van der Waals surface area contributed by atoms with Gasteiger partial charge in [0, 0.05) is 25.8 Å². The first-order valence-electron chi connectivity index (χ1n) is 19.0. The molecule has 0 fully saturated rings. The molecule has 1 amide bonds. The van der Waals surface area contributed by atoms with E-state index in [4.69, 9.17) is 28.4 Å². The number of amides is 1. The minimum absolute atomic E-state index is 0.192. The number of nitrogens with zero attached hydrogens (tertiary/aromatic N) is 2. The van der Waals surface area contributed by atoms with Crippen LogP contribution < -0.4 is 5.32 Å². The van der Waals surface area contributed by atoms with E-state index in [2.05, 4.69) is 15.3 Å². The smallest absolute Gasteiger partial charge is 0.407 e. The summed E-state index contributed by atoms with van der Waals surface area (Å²) in [6, 6.07) is -1.75. The lowest BCUT2D eigenvalue weighted by Gasteiger charge is -2.10. The van der Waals surface area contributed by atoms with Gasteiger partial charge >= 0.3 is 35.9 Å². The molecule has 306 valence electrons. The fourth-order valence-corrected chi connectivity index (χ4v) is 4.80. The summed E-state index contributed by atoms with van der Waals surface area (Å²) in [6.45, 7) is 5.02. The number of hydrogen-bond donors (Lipinski definition) is 1. The van der Waals surface area contributed by atoms with Gasteiger partial charge in [0.25, 0.3) is 0 Å². The average molecular weight is 770 g/mol. The van der Waals surface area contributed by atoms with Crippen molar-refractivity contribution in [2.24, 2.45) is 9.98 Å². The number of aliphatic imine (C=N–C) groups is 2. The maximum atomic E-state index is 11.9. The lowest BCUT2D eigenvalue weighted by atomic mass is 10.1. The second-order valence-corrected chi connectivity index (χ2v) is 12.1. The van der Waals surface area contributed by atoms with Crippen LogP contribution in [0.1, 0.15) is 129 Å². The van der Waals surface area contributed by atoms with Crippen LogP contribution in [-0.2, 0) is 62.0 Å². The van der Waals surface area contributed by atoms with Gasteiger partial charge in [-0.2, -0.15) is 9.98 Å². The molecule has 0 rings (SSSR count). The number of carbonyl (C=O) groups excluding carboxylic acids is 8. The van der Waals surface area contributed by atoms with E-state index in [1.165, 1.54) is 12.2 Å². The molecule has 2 atom stereocenters. The summed E-state index contributed by atoms with van der Waals surface area (Å²) in [4.78, 5) is 98.8. The summed E-state index contributed by atoms with van der Waals surface area (Å²) in [7, 11) is 0. The summed E-state index contributed by atoms with van der Waals surface area (Å²) in [5, 5.41) is 2.61. The van der Waals surface area contributed by atoms with Gasteiger partial charge in [0.1, 0.15) is 0 Å². The molecule has 0 heterocycles. The van der Waals surface area contributed by atoms with Gasteiger partial charge in [-0.3, -0.25) is 14.4 Å². The normalized spacial score (nSPS) is 11.4. The van der Waals surface area contributed by atoms with Crippen LogP contribution in [0.25, 0.3) is 0 Å². The van der Waals surface area contributed by atoms with Crippen LogP contribution in [0.15, 0.2) is 9.98 Å². The third-order valence-electron chi connectivity index (χ3n) is 7.68. The van der Waals surface area contributed by atoms with Gasteiger partial charge in [0.05, 0.1) is 39.6 Å². The standard InChI is InChI=1S/C37H59N3O14/c1-3-49-35(46)30(39-28-41)18-8-5-9-20-32(43)51-24-14-6-10-21-33(44)52-25-16-17-26-53-34(45)22-11-7-15-27-54-37(48)38-23-13-12-19-31(40-29-42)36(47)50-4-2/h30-31H,3-27H2,1-2H3,(H,38,48). The first kappa shape index (κ1) is 49.4. The van der Waals surface area contributed by atoms with E-state index in [0.717, 1.165) is 0 Å². The van der Waals surface area contributed by atoms with Crippen molar-refractivity contribution in [3.8, 4) is 0 Å². The van der Waals surface area contributed by atoms with Crippen LogP contribution in [-0.4, -0.2) is 106 Å². The highest BCUT2D eigenvalue weighted by atomic mass is 16.6. The molecule has 0 saturated heterocycles. The van der Waals surface area contributed by atoms with Crippen molar-refractivity contribution < 1.29 is 66.8 Å². The highest BCUT2D eigenvalue weighted by Gasteiger charge is 2.19. The number of unbranched alkanes of at least 4 members (excludes halogenated alkanes) is 8. The Labute approximate surface area is 317 Å². The van der Waals surface area contributed by atoms with Crippen molar-refractivity contribution in [1.29, 1.82) is 0 Å². The van der Waals surface area contributed by atoms with Crippen molar-refractivity contribution in [3.63, 3.8) is 0 Å². The molecule has 17 nitrogen and oxygen atoms in total. The number of hydrogen-bond acceptors (Lipinski definition) is 16. The molecule has 0 aliphatic rings. The minimum atomic E-state index is -0.886. The summed E-state index contributed by atoms with van der Waals surface area (Å²) in [5.74, 6) is -2.06. The lowest BCUT2D eigenvalue weighted by molar-refractivity contribution is -0.146. The maximum absolute atomic E-state index is 11.9. The van der Waals surface area contributed by atoms with Crippen LogP contribution in [0.4, 0.5) is 4.79 Å². The first-order valence-corrected chi connectivity index (χ1v) is 19.0. The van der Waals surface area contributed by atoms with Crippen LogP contribution >= 0.6 is 0 Å². The summed E-state index contributed by atoms with van der Waals surface area (Å²) >= 11 is 0. The van der Waals surface area contributed by atoms with Crippen molar-refractivity contribution in [1.82, 2.24) is 5.32 Å². The molecule has 0 saturated carbocycles. The zero-order chi connectivity index (χ0) is 40.1. The zero-order valence-corrected chi connectivity index (χ0v) is 31.9. The van der Waals surface area contributed by atoms with E-state index in [-0.39, 0.29) is 76.8 Å². The van der Waals surface area contributed by atoms with Gasteiger partial charge in [-0.15, -0.1) is 0 Å². The van der Waals surface area contributed by atoms with Crippen LogP contribution in [0.3, 0.4) is 0 Å². The van der Waals surface area contributed by atoms with Gasteiger partial charge in [0.2, 0.25) is 12.2 Å². The SMILES string of the molecule is CCOC(=O)C(CCCCCC(=O)OCCCCCC(=O)OCCCCOC(=O)CCCCCOC(=O)NCCCCC(N=C=O)C(=O)OCC)N=C=O. The molecule has 0 aromatic heterocycles. The van der Waals surface area contributed by atoms with Gasteiger partial charge in [0.15, 0.2) is 12.1 Å². The predicted octanol–water partition coefficient (Wildman–Crippen LogP) is 4.90. The number of nitrogens with one attached hydrogen (secondary N) is 1. The number of carbonyl (C=O) groups is 6. The van der Waals surface area contributed by atoms with Gasteiger partial charge in [-0.25, -0.2) is 24.0 Å². The molecule has 2 unspecified atom stereocenters. The molecule has 0 radical (unpaired) electrons. The van der Waals surface area contributed by atoms with Gasteiger partial charge < -0.3 is 33.7 Å². The van der Waals surface area contributed by atoms with Crippen LogP contribution in [0.5, 0.6) is 0 Å². The average Bonchev–Trinajstić information content (AvgIpc) is 3.14. The fourth-order valence-electron chi connectivity index (χ4n) is 4.80. The van der Waals surface area contributed by atoms with Crippen molar-refractivity contribution in [3.05, 3.63) is 0 Å². The molecule has 0 aromatic carbocycles. The summed E-state index contributed by atoms with van der Waals surface area (Å²) in [5.41, 5.74) is 0. The molecule has 17 heteroatoms. The molecule has 54 heavy (non-hydrogen) atoms. The summed E-state index contributed by atoms with van der Waals surface area (Å²) in [6.07, 6.45) is 11.6. The Morgan fingerprint density at radius 3 is 1.26 bits per heavy atom. The zero-order valence-electron chi connectivity index (χ0n) is 31.9. The molecule has 0 aromatic rings. The third-order valence-corrected chi connectivity index (χ3v) is 7.68. The van der Waals surface area contributed by atoms with E-state index in [1.54, 1.807) is 13.8 Å². The van der Waals surface area contributed by atoms with E-state index in [9.17, 15) is 38.4 Å². The largest absolute Gasteiger partial charge is 0.466 e. The Morgan fingerprint density at radius 2 is 0.852 bits per heavy atom. The highest BCUT2D eigenvalue weighted by molar-refractivity contribution is 5.77. The Bertz CT molecular complexity index is 1090. The van der Waals surface area contributed by atoms with Crippen molar-refractivity contribution >= 4 is 48.1 Å². The maximum Gasteiger partial charge on any atom is 0.407 e. The first-order chi connectivity index (χ1) is 26.2. The number of rotatable bonds is 34. The fraction of sp³-hybridized carbons (Fsp3) is 0.784. The predicted molar refractivity (Wildman–Crippen MR) is 192 cm³/mol. The van der Waals surface area contributed by atoms with Crippen molar-refractivity contribution in [2.75, 3.05) is 46.2 Å². The van der Waals surface area contributed by atoms with E-state index in [0.29, 0.717) is 103 Å². The van der Waals surface area contributed by atoms with E-state index < -0.39 is 30.1 Å². The molecule has 0 spiro atoms. The number of isocyanates is 2. The Hall–Kier alpha value is -4.62. The Kier molecular flexibility index (Phi) is 32.4. The molecular formula is C37H59N3O14. The quantitative estimate of drug-likeness (QED) is 0.0302. The second kappa shape index (κ2) is 35.4. The molecular weight excluding hydrogens is 710 g/mol. The molecule has 1 N–H and O–H groups in total. The Balaban J connectivity index is 3.63. The minimum Gasteiger partial charge on any atom is -0.466 e. The number of ether oxygens (including phenoxy) is 6. The molecule has 0 aliphatic carbocycles. The summed E-state index contributed by atoms with van der Waals surface area (Å²) < 4.78 is 30.5. The molecule has 0 bridgehead atoms. The third kappa shape index (κ3) is 29.9. The lowest BCUT2D eigenvalue weighted by Crippen LogP contribution is -2.26. The topological polar surface area (TPSA) is 229 Å². The van der Waals surface area contributed by atoms with E-state index in [1.807, 2.05) is 0 Å². The number of esters is 5. The van der Waals surface area contributed by atoms with Crippen molar-refractivity contribution in [2.45, 2.75) is 142 Å². The number of alkyl carbamates (subject to hydrolysis) is 1.